The van der Waals surface area contributed by atoms with Gasteiger partial charge in [0.05, 0.1) is 12.5 Å². The van der Waals surface area contributed by atoms with Gasteiger partial charge in [-0.3, -0.25) is 0 Å². The molecular weight excluding hydrogens is 258 g/mol. The fourth-order valence-electron chi connectivity index (χ4n) is 2.14. The molecule has 2 nitrogen and oxygen atoms in total. The number of benzene rings is 2. The monoisotopic (exact) mass is 279 g/mol. The maximum Gasteiger partial charge on any atom is 0.120 e. The second-order valence-corrected chi connectivity index (χ2v) is 6.22. The van der Waals surface area contributed by atoms with Gasteiger partial charge in [0.1, 0.15) is 12.4 Å². The van der Waals surface area contributed by atoms with Crippen molar-refractivity contribution >= 4 is 0 Å². The lowest BCUT2D eigenvalue weighted by atomic mass is 9.87. The van der Waals surface area contributed by atoms with Crippen LogP contribution in [0.1, 0.15) is 37.5 Å². The molecule has 0 aliphatic heterocycles. The summed E-state index contributed by atoms with van der Waals surface area (Å²) in [6.07, 6.45) is 0.438. The van der Waals surface area contributed by atoms with Crippen molar-refractivity contribution < 1.29 is 4.74 Å². The molecule has 0 amide bonds. The zero-order valence-corrected chi connectivity index (χ0v) is 12.9. The summed E-state index contributed by atoms with van der Waals surface area (Å²) in [7, 11) is 0. The van der Waals surface area contributed by atoms with Crippen LogP contribution in [0.4, 0.5) is 0 Å². The SMILES string of the molecule is CC(C)(C)c1cccc(OCc2cccc(CC#N)c2)c1. The van der Waals surface area contributed by atoms with E-state index >= 15 is 0 Å². The van der Waals surface area contributed by atoms with Crippen molar-refractivity contribution in [1.29, 1.82) is 5.26 Å². The average molecular weight is 279 g/mol. The van der Waals surface area contributed by atoms with E-state index in [2.05, 4.69) is 39.0 Å². The number of hydrogen-bond acceptors (Lipinski definition) is 2. The summed E-state index contributed by atoms with van der Waals surface area (Å²) in [5.41, 5.74) is 3.50. The van der Waals surface area contributed by atoms with E-state index in [1.807, 2.05) is 36.4 Å². The molecule has 0 bridgehead atoms. The molecule has 0 atom stereocenters. The van der Waals surface area contributed by atoms with Gasteiger partial charge >= 0.3 is 0 Å². The highest BCUT2D eigenvalue weighted by Gasteiger charge is 2.13. The lowest BCUT2D eigenvalue weighted by Crippen LogP contribution is -2.10. The van der Waals surface area contributed by atoms with Crippen LogP contribution in [0.25, 0.3) is 0 Å². The minimum absolute atomic E-state index is 0.117. The van der Waals surface area contributed by atoms with Gasteiger partial charge < -0.3 is 4.74 Å². The zero-order chi connectivity index (χ0) is 15.3. The van der Waals surface area contributed by atoms with Crippen LogP contribution in [0.5, 0.6) is 5.75 Å². The van der Waals surface area contributed by atoms with Gasteiger partial charge in [0.2, 0.25) is 0 Å². The molecular formula is C19H21NO. The van der Waals surface area contributed by atoms with Gasteiger partial charge in [-0.1, -0.05) is 57.2 Å². The van der Waals surface area contributed by atoms with Gasteiger partial charge in [0.25, 0.3) is 0 Å². The molecule has 0 heterocycles. The summed E-state index contributed by atoms with van der Waals surface area (Å²) in [6, 6.07) is 18.4. The van der Waals surface area contributed by atoms with Gasteiger partial charge in [0, 0.05) is 0 Å². The molecule has 2 aromatic rings. The molecule has 0 spiro atoms. The Balaban J connectivity index is 2.07. The van der Waals surface area contributed by atoms with Crippen molar-refractivity contribution in [2.45, 2.75) is 39.2 Å². The molecule has 2 heteroatoms. The highest BCUT2D eigenvalue weighted by atomic mass is 16.5. The van der Waals surface area contributed by atoms with Gasteiger partial charge in [-0.05, 0) is 34.2 Å². The molecule has 0 aliphatic carbocycles. The Morgan fingerprint density at radius 3 is 2.43 bits per heavy atom. The van der Waals surface area contributed by atoms with Crippen molar-refractivity contribution in [3.05, 3.63) is 65.2 Å². The first-order valence-corrected chi connectivity index (χ1v) is 7.17. The van der Waals surface area contributed by atoms with E-state index in [0.29, 0.717) is 13.0 Å². The van der Waals surface area contributed by atoms with E-state index in [-0.39, 0.29) is 5.41 Å². The molecule has 0 radical (unpaired) electrons. The molecule has 21 heavy (non-hydrogen) atoms. The number of ether oxygens (including phenoxy) is 1. The Kier molecular flexibility index (Phi) is 4.65. The Labute approximate surface area is 127 Å². The van der Waals surface area contributed by atoms with Crippen LogP contribution in [0.2, 0.25) is 0 Å². The van der Waals surface area contributed by atoms with E-state index in [9.17, 15) is 0 Å². The highest BCUT2D eigenvalue weighted by molar-refractivity contribution is 5.33. The first kappa shape index (κ1) is 15.1. The van der Waals surface area contributed by atoms with Crippen molar-refractivity contribution in [1.82, 2.24) is 0 Å². The predicted octanol–water partition coefficient (Wildman–Crippen LogP) is 4.63. The second kappa shape index (κ2) is 6.45. The van der Waals surface area contributed by atoms with Crippen LogP contribution < -0.4 is 4.74 Å². The van der Waals surface area contributed by atoms with Crippen molar-refractivity contribution in [3.8, 4) is 11.8 Å². The fourth-order valence-corrected chi connectivity index (χ4v) is 2.14. The van der Waals surface area contributed by atoms with E-state index in [0.717, 1.165) is 16.9 Å². The minimum atomic E-state index is 0.117. The van der Waals surface area contributed by atoms with Crippen LogP contribution in [0.3, 0.4) is 0 Å². The summed E-state index contributed by atoms with van der Waals surface area (Å²) < 4.78 is 5.88. The number of nitriles is 1. The van der Waals surface area contributed by atoms with Crippen molar-refractivity contribution in [3.63, 3.8) is 0 Å². The van der Waals surface area contributed by atoms with Crippen LogP contribution >= 0.6 is 0 Å². The van der Waals surface area contributed by atoms with Crippen LogP contribution in [0.15, 0.2) is 48.5 Å². The summed E-state index contributed by atoms with van der Waals surface area (Å²) in [6.45, 7) is 7.10. The van der Waals surface area contributed by atoms with Crippen molar-refractivity contribution in [2.75, 3.05) is 0 Å². The van der Waals surface area contributed by atoms with Gasteiger partial charge in [0.15, 0.2) is 0 Å². The Bertz CT molecular complexity index is 647. The second-order valence-electron chi connectivity index (χ2n) is 6.22. The van der Waals surface area contributed by atoms with Crippen LogP contribution in [-0.2, 0) is 18.4 Å². The largest absolute Gasteiger partial charge is 0.489 e. The van der Waals surface area contributed by atoms with E-state index in [1.54, 1.807) is 0 Å². The van der Waals surface area contributed by atoms with E-state index in [4.69, 9.17) is 10.00 Å². The number of rotatable bonds is 4. The van der Waals surface area contributed by atoms with Gasteiger partial charge in [-0.25, -0.2) is 0 Å². The van der Waals surface area contributed by atoms with Gasteiger partial charge in [-0.2, -0.15) is 5.26 Å². The molecule has 2 rings (SSSR count). The Hall–Kier alpha value is -2.27. The molecule has 0 fully saturated rings. The predicted molar refractivity (Wildman–Crippen MR) is 85.2 cm³/mol. The standard InChI is InChI=1S/C19H21NO/c1-19(2,3)17-8-5-9-18(13-17)21-14-16-7-4-6-15(12-16)10-11-20/h4-9,12-13H,10,14H2,1-3H3. The molecule has 0 aromatic heterocycles. The fraction of sp³-hybridized carbons (Fsp3) is 0.316. The molecule has 0 N–H and O–H groups in total. The highest BCUT2D eigenvalue weighted by Crippen LogP contribution is 2.26. The summed E-state index contributed by atoms with van der Waals surface area (Å²) in [4.78, 5) is 0. The number of nitrogens with zero attached hydrogens (tertiary/aromatic N) is 1. The summed E-state index contributed by atoms with van der Waals surface area (Å²) in [5.74, 6) is 0.883. The third-order valence-corrected chi connectivity index (χ3v) is 3.38. The summed E-state index contributed by atoms with van der Waals surface area (Å²) >= 11 is 0. The van der Waals surface area contributed by atoms with Gasteiger partial charge in [-0.15, -0.1) is 0 Å². The molecule has 0 unspecified atom stereocenters. The topological polar surface area (TPSA) is 33.0 Å². The molecule has 2 aromatic carbocycles. The molecule has 0 saturated carbocycles. The maximum absolute atomic E-state index is 8.74. The Morgan fingerprint density at radius 2 is 1.71 bits per heavy atom. The average Bonchev–Trinajstić information content (AvgIpc) is 2.45. The van der Waals surface area contributed by atoms with Crippen molar-refractivity contribution in [2.24, 2.45) is 0 Å². The Morgan fingerprint density at radius 1 is 1.00 bits per heavy atom. The molecule has 0 aliphatic rings. The quantitative estimate of drug-likeness (QED) is 0.817. The lowest BCUT2D eigenvalue weighted by molar-refractivity contribution is 0.305. The smallest absolute Gasteiger partial charge is 0.120 e. The maximum atomic E-state index is 8.74. The lowest BCUT2D eigenvalue weighted by Gasteiger charge is -2.19. The third kappa shape index (κ3) is 4.36. The van der Waals surface area contributed by atoms with Crippen LogP contribution in [0, 0.1) is 11.3 Å². The third-order valence-electron chi connectivity index (χ3n) is 3.38. The number of hydrogen-bond donors (Lipinski definition) is 0. The molecule has 108 valence electrons. The van der Waals surface area contributed by atoms with E-state index in [1.165, 1.54) is 5.56 Å². The minimum Gasteiger partial charge on any atom is -0.489 e. The normalized spacial score (nSPS) is 11.0. The van der Waals surface area contributed by atoms with E-state index < -0.39 is 0 Å². The van der Waals surface area contributed by atoms with Crippen LogP contribution in [-0.4, -0.2) is 0 Å². The summed E-state index contributed by atoms with van der Waals surface area (Å²) in [5, 5.41) is 8.74. The zero-order valence-electron chi connectivity index (χ0n) is 12.9. The first-order chi connectivity index (χ1) is 9.99. The first-order valence-electron chi connectivity index (χ1n) is 7.17. The molecule has 0 saturated heterocycles.